The van der Waals surface area contributed by atoms with Crippen LogP contribution in [0, 0.1) is 6.92 Å². The lowest BCUT2D eigenvalue weighted by Gasteiger charge is -2.23. The lowest BCUT2D eigenvalue weighted by atomic mass is 9.96. The Morgan fingerprint density at radius 2 is 2.16 bits per heavy atom. The van der Waals surface area contributed by atoms with E-state index >= 15 is 0 Å². The number of aryl methyl sites for hydroxylation is 2. The average molecular weight is 255 g/mol. The van der Waals surface area contributed by atoms with Gasteiger partial charge in [0.1, 0.15) is 11.9 Å². The molecule has 1 N–H and O–H groups in total. The van der Waals surface area contributed by atoms with E-state index < -0.39 is 6.10 Å². The fraction of sp³-hybridized carbons (Fsp3) is 0.312. The lowest BCUT2D eigenvalue weighted by Crippen LogP contribution is -2.13. The maximum absolute atomic E-state index is 10.6. The Balaban J connectivity index is 2.05. The first-order valence-electron chi connectivity index (χ1n) is 6.61. The van der Waals surface area contributed by atoms with Crippen LogP contribution in [-0.4, -0.2) is 16.7 Å². The molecule has 1 atom stereocenters. The highest BCUT2D eigenvalue weighted by atomic mass is 16.5. The van der Waals surface area contributed by atoms with Gasteiger partial charge in [-0.1, -0.05) is 24.3 Å². The first kappa shape index (κ1) is 12.2. The minimum Gasteiger partial charge on any atom is -0.493 e. The third-order valence-corrected chi connectivity index (χ3v) is 3.57. The van der Waals surface area contributed by atoms with Gasteiger partial charge < -0.3 is 9.84 Å². The largest absolute Gasteiger partial charge is 0.493 e. The molecule has 0 saturated carbocycles. The second-order valence-corrected chi connectivity index (χ2v) is 4.90. The van der Waals surface area contributed by atoms with Crippen LogP contribution in [0.5, 0.6) is 5.75 Å². The Labute approximate surface area is 112 Å². The Bertz CT molecular complexity index is 595. The summed E-state index contributed by atoms with van der Waals surface area (Å²) >= 11 is 0. The number of aliphatic hydroxyl groups excluding tert-OH is 1. The van der Waals surface area contributed by atoms with Gasteiger partial charge in [-0.05, 0) is 37.0 Å². The number of hydrogen-bond acceptors (Lipinski definition) is 3. The van der Waals surface area contributed by atoms with Crippen LogP contribution in [0.2, 0.25) is 0 Å². The van der Waals surface area contributed by atoms with Crippen LogP contribution >= 0.6 is 0 Å². The van der Waals surface area contributed by atoms with Crippen LogP contribution in [0.1, 0.15) is 34.9 Å². The number of aromatic nitrogens is 1. The summed E-state index contributed by atoms with van der Waals surface area (Å²) in [5.41, 5.74) is 3.68. The van der Waals surface area contributed by atoms with Gasteiger partial charge in [-0.3, -0.25) is 4.98 Å². The van der Waals surface area contributed by atoms with Gasteiger partial charge in [0, 0.05) is 11.8 Å². The molecule has 1 aliphatic heterocycles. The van der Waals surface area contributed by atoms with Gasteiger partial charge in [-0.2, -0.15) is 0 Å². The van der Waals surface area contributed by atoms with Gasteiger partial charge in [-0.15, -0.1) is 0 Å². The second kappa shape index (κ2) is 5.02. The molecule has 98 valence electrons. The smallest absolute Gasteiger partial charge is 0.128 e. The van der Waals surface area contributed by atoms with Crippen LogP contribution in [0.25, 0.3) is 0 Å². The van der Waals surface area contributed by atoms with Gasteiger partial charge in [0.2, 0.25) is 0 Å². The van der Waals surface area contributed by atoms with Crippen molar-refractivity contribution in [2.75, 3.05) is 6.61 Å². The maximum atomic E-state index is 10.6. The van der Waals surface area contributed by atoms with Crippen molar-refractivity contribution in [2.45, 2.75) is 25.9 Å². The zero-order valence-corrected chi connectivity index (χ0v) is 11.0. The fourth-order valence-corrected chi connectivity index (χ4v) is 2.56. The predicted molar refractivity (Wildman–Crippen MR) is 73.3 cm³/mol. The van der Waals surface area contributed by atoms with E-state index in [0.29, 0.717) is 5.69 Å². The number of ether oxygens (including phenoxy) is 1. The highest BCUT2D eigenvalue weighted by molar-refractivity contribution is 5.46. The molecule has 2 aromatic rings. The van der Waals surface area contributed by atoms with Crippen LogP contribution in [0.3, 0.4) is 0 Å². The zero-order valence-electron chi connectivity index (χ0n) is 11.0. The molecule has 0 radical (unpaired) electrons. The van der Waals surface area contributed by atoms with Gasteiger partial charge in [0.25, 0.3) is 0 Å². The van der Waals surface area contributed by atoms with Crippen LogP contribution in [0.15, 0.2) is 36.5 Å². The van der Waals surface area contributed by atoms with Crippen molar-refractivity contribution in [3.05, 3.63) is 58.9 Å². The van der Waals surface area contributed by atoms with E-state index in [4.69, 9.17) is 4.74 Å². The number of pyridine rings is 1. The van der Waals surface area contributed by atoms with Crippen molar-refractivity contribution in [3.63, 3.8) is 0 Å². The Hall–Kier alpha value is -1.87. The van der Waals surface area contributed by atoms with E-state index in [1.165, 1.54) is 5.56 Å². The third kappa shape index (κ3) is 2.22. The normalized spacial score (nSPS) is 15.5. The number of fused-ring (bicyclic) bond motifs is 1. The quantitative estimate of drug-likeness (QED) is 0.897. The molecule has 1 unspecified atom stereocenters. The van der Waals surface area contributed by atoms with Crippen molar-refractivity contribution in [2.24, 2.45) is 0 Å². The average Bonchev–Trinajstić information content (AvgIpc) is 2.46. The minimum atomic E-state index is -0.728. The highest BCUT2D eigenvalue weighted by Gasteiger charge is 2.22. The third-order valence-electron chi connectivity index (χ3n) is 3.57. The van der Waals surface area contributed by atoms with Crippen molar-refractivity contribution >= 4 is 0 Å². The van der Waals surface area contributed by atoms with Gasteiger partial charge in [-0.25, -0.2) is 0 Å². The molecule has 2 heterocycles. The molecule has 3 nitrogen and oxygen atoms in total. The van der Waals surface area contributed by atoms with E-state index in [2.05, 4.69) is 11.1 Å². The van der Waals surface area contributed by atoms with Crippen LogP contribution < -0.4 is 4.74 Å². The summed E-state index contributed by atoms with van der Waals surface area (Å²) in [5.74, 6) is 0.839. The van der Waals surface area contributed by atoms with Crippen molar-refractivity contribution < 1.29 is 9.84 Å². The maximum Gasteiger partial charge on any atom is 0.128 e. The van der Waals surface area contributed by atoms with Crippen molar-refractivity contribution in [1.29, 1.82) is 0 Å². The Morgan fingerprint density at radius 3 is 3.00 bits per heavy atom. The van der Waals surface area contributed by atoms with E-state index in [1.807, 2.05) is 31.2 Å². The highest BCUT2D eigenvalue weighted by Crippen LogP contribution is 2.35. The van der Waals surface area contributed by atoms with Crippen molar-refractivity contribution in [1.82, 2.24) is 4.98 Å². The standard InChI is InChI=1S/C16H17NO2/c1-11-5-3-9-17-14(11)15(18)13-8-2-6-12-7-4-10-19-16(12)13/h2-3,5-6,8-9,15,18H,4,7,10H2,1H3. The summed E-state index contributed by atoms with van der Waals surface area (Å²) in [6.45, 7) is 2.68. The Kier molecular flexibility index (Phi) is 3.22. The molecule has 0 fully saturated rings. The summed E-state index contributed by atoms with van der Waals surface area (Å²) in [4.78, 5) is 4.30. The second-order valence-electron chi connectivity index (χ2n) is 4.90. The van der Waals surface area contributed by atoms with Crippen molar-refractivity contribution in [3.8, 4) is 5.75 Å². The molecular formula is C16H17NO2. The van der Waals surface area contributed by atoms with Gasteiger partial charge in [0.15, 0.2) is 0 Å². The van der Waals surface area contributed by atoms with Gasteiger partial charge >= 0.3 is 0 Å². The summed E-state index contributed by atoms with van der Waals surface area (Å²) in [5, 5.41) is 10.6. The summed E-state index contributed by atoms with van der Waals surface area (Å²) in [6, 6.07) is 9.80. The molecule has 0 saturated heterocycles. The summed E-state index contributed by atoms with van der Waals surface area (Å²) < 4.78 is 5.75. The van der Waals surface area contributed by atoms with E-state index in [0.717, 1.165) is 36.3 Å². The number of para-hydroxylation sites is 1. The van der Waals surface area contributed by atoms with Crippen LogP contribution in [0.4, 0.5) is 0 Å². The number of benzene rings is 1. The number of nitrogens with zero attached hydrogens (tertiary/aromatic N) is 1. The molecule has 1 aromatic heterocycles. The van der Waals surface area contributed by atoms with E-state index in [-0.39, 0.29) is 0 Å². The Morgan fingerprint density at radius 1 is 1.26 bits per heavy atom. The number of rotatable bonds is 2. The SMILES string of the molecule is Cc1cccnc1C(O)c1cccc2c1OCCC2. The summed E-state index contributed by atoms with van der Waals surface area (Å²) in [7, 11) is 0. The molecule has 1 aromatic carbocycles. The molecule has 1 aliphatic rings. The minimum absolute atomic E-state index is 0.699. The van der Waals surface area contributed by atoms with Crippen LogP contribution in [-0.2, 0) is 6.42 Å². The zero-order chi connectivity index (χ0) is 13.2. The molecule has 19 heavy (non-hydrogen) atoms. The first-order chi connectivity index (χ1) is 9.27. The molecule has 3 heteroatoms. The molecule has 0 aliphatic carbocycles. The molecule has 0 amide bonds. The monoisotopic (exact) mass is 255 g/mol. The fourth-order valence-electron chi connectivity index (χ4n) is 2.56. The molecule has 0 bridgehead atoms. The molecular weight excluding hydrogens is 238 g/mol. The van der Waals surface area contributed by atoms with E-state index in [1.54, 1.807) is 6.20 Å². The number of hydrogen-bond donors (Lipinski definition) is 1. The van der Waals surface area contributed by atoms with Gasteiger partial charge in [0.05, 0.1) is 12.3 Å². The molecule has 3 rings (SSSR count). The number of aliphatic hydroxyl groups is 1. The molecule has 0 spiro atoms. The predicted octanol–water partition coefficient (Wildman–Crippen LogP) is 2.80. The topological polar surface area (TPSA) is 42.4 Å². The first-order valence-corrected chi connectivity index (χ1v) is 6.61. The van der Waals surface area contributed by atoms with E-state index in [9.17, 15) is 5.11 Å². The lowest BCUT2D eigenvalue weighted by molar-refractivity contribution is 0.202. The summed E-state index contributed by atoms with van der Waals surface area (Å²) in [6.07, 6.45) is 3.03.